The number of amides is 1. The van der Waals surface area contributed by atoms with Crippen LogP contribution in [-0.4, -0.2) is 54.8 Å². The fourth-order valence-corrected chi connectivity index (χ4v) is 5.79. The number of carboxylic acids is 1. The second-order valence-electron chi connectivity index (χ2n) is 9.41. The monoisotopic (exact) mass is 469 g/mol. The molecular weight excluding hydrogens is 442 g/mol. The van der Waals surface area contributed by atoms with Crippen LogP contribution in [0, 0.1) is 5.41 Å². The minimum Gasteiger partial charge on any atom is -0.495 e. The highest BCUT2D eigenvalue weighted by Crippen LogP contribution is 2.65. The Bertz CT molecular complexity index is 1070. The molecule has 174 valence electrons. The summed E-state index contributed by atoms with van der Waals surface area (Å²) in [6.45, 7) is 2.32. The van der Waals surface area contributed by atoms with Crippen molar-refractivity contribution in [2.75, 3.05) is 26.8 Å². The van der Waals surface area contributed by atoms with Crippen molar-refractivity contribution in [3.63, 3.8) is 0 Å². The van der Waals surface area contributed by atoms with Gasteiger partial charge in [0, 0.05) is 25.3 Å². The summed E-state index contributed by atoms with van der Waals surface area (Å²) in [7, 11) is 1.48. The molecule has 6 nitrogen and oxygen atoms in total. The number of halogens is 1. The lowest BCUT2D eigenvalue weighted by atomic mass is 9.88. The van der Waals surface area contributed by atoms with Crippen LogP contribution in [0.4, 0.5) is 0 Å². The number of piperidine rings is 1. The number of likely N-dealkylation sites (tertiary alicyclic amines) is 1. The number of methoxy groups -OCH3 is 1. The van der Waals surface area contributed by atoms with Crippen molar-refractivity contribution >= 4 is 23.5 Å². The summed E-state index contributed by atoms with van der Waals surface area (Å²) in [6.07, 6.45) is 4.80. The molecule has 0 aromatic heterocycles. The summed E-state index contributed by atoms with van der Waals surface area (Å²) >= 11 is 6.48. The first-order valence-electron chi connectivity index (χ1n) is 11.5. The van der Waals surface area contributed by atoms with Crippen LogP contribution >= 0.6 is 11.6 Å². The van der Waals surface area contributed by atoms with Gasteiger partial charge in [-0.1, -0.05) is 35.9 Å². The number of carbonyl (C=O) groups excluding carboxylic acids is 1. The van der Waals surface area contributed by atoms with Crippen LogP contribution in [-0.2, 0) is 9.53 Å². The van der Waals surface area contributed by atoms with Gasteiger partial charge in [0.2, 0.25) is 0 Å². The first-order chi connectivity index (χ1) is 15.9. The Labute approximate surface area is 198 Å². The Morgan fingerprint density at radius 1 is 1.18 bits per heavy atom. The number of nitrogens with zero attached hydrogens (tertiary/aromatic N) is 1. The van der Waals surface area contributed by atoms with E-state index >= 15 is 0 Å². The predicted octanol–water partition coefficient (Wildman–Crippen LogP) is 4.99. The topological polar surface area (TPSA) is 76.1 Å². The summed E-state index contributed by atoms with van der Waals surface area (Å²) in [5, 5.41) is 9.82. The van der Waals surface area contributed by atoms with Gasteiger partial charge in [0.25, 0.3) is 5.91 Å². The summed E-state index contributed by atoms with van der Waals surface area (Å²) in [5.74, 6) is -0.00475. The molecule has 0 unspecified atom stereocenters. The molecule has 1 saturated carbocycles. The van der Waals surface area contributed by atoms with Crippen LogP contribution in [0.15, 0.2) is 36.4 Å². The van der Waals surface area contributed by atoms with Crippen molar-refractivity contribution in [1.29, 1.82) is 0 Å². The molecule has 2 heterocycles. The highest BCUT2D eigenvalue weighted by Gasteiger charge is 2.55. The molecule has 2 aromatic carbocycles. The summed E-state index contributed by atoms with van der Waals surface area (Å²) in [5.41, 5.74) is 3.22. The molecule has 2 aromatic rings. The molecule has 1 spiro atoms. The first-order valence-corrected chi connectivity index (χ1v) is 11.9. The van der Waals surface area contributed by atoms with Gasteiger partial charge in [0.1, 0.15) is 11.9 Å². The summed E-state index contributed by atoms with van der Waals surface area (Å²) < 4.78 is 10.8. The second kappa shape index (κ2) is 8.65. The average Bonchev–Trinajstić information content (AvgIpc) is 3.25. The minimum absolute atomic E-state index is 0.140. The van der Waals surface area contributed by atoms with Gasteiger partial charge in [-0.2, -0.15) is 0 Å². The van der Waals surface area contributed by atoms with E-state index in [0.717, 1.165) is 50.8 Å². The van der Waals surface area contributed by atoms with E-state index in [0.29, 0.717) is 34.3 Å². The third kappa shape index (κ3) is 4.11. The maximum atomic E-state index is 12.6. The number of carbonyl (C=O) groups is 2. The van der Waals surface area contributed by atoms with Crippen LogP contribution in [0.3, 0.4) is 0 Å². The third-order valence-corrected chi connectivity index (χ3v) is 7.99. The van der Waals surface area contributed by atoms with Crippen molar-refractivity contribution in [3.05, 3.63) is 52.5 Å². The molecule has 0 bridgehead atoms. The van der Waals surface area contributed by atoms with Gasteiger partial charge in [-0.05, 0) is 66.7 Å². The van der Waals surface area contributed by atoms with Gasteiger partial charge >= 0.3 is 5.97 Å². The Hall–Kier alpha value is -2.57. The molecule has 2 atom stereocenters. The third-order valence-electron chi connectivity index (χ3n) is 7.60. The number of benzene rings is 2. The standard InChI is InChI=1S/C26H28ClNO5/c1-32-22-14-18(25(30)31)13-19(23(22)27)16-4-6-17(7-5-16)20-15-26(20)8-10-28(11-9-26)24(29)21-3-2-12-33-21/h4-7,13-14,20-21H,2-3,8-12,15H2,1H3,(H,30,31)/t20-,21+/m0/s1. The fourth-order valence-electron chi connectivity index (χ4n) is 5.49. The van der Waals surface area contributed by atoms with Gasteiger partial charge in [-0.3, -0.25) is 4.79 Å². The molecule has 2 saturated heterocycles. The Morgan fingerprint density at radius 3 is 2.52 bits per heavy atom. The van der Waals surface area contributed by atoms with Gasteiger partial charge < -0.3 is 19.5 Å². The van der Waals surface area contributed by atoms with Crippen LogP contribution in [0.25, 0.3) is 11.1 Å². The lowest BCUT2D eigenvalue weighted by Crippen LogP contribution is -2.44. The Kier molecular flexibility index (Phi) is 5.83. The largest absolute Gasteiger partial charge is 0.495 e. The molecular formula is C26H28ClNO5. The lowest BCUT2D eigenvalue weighted by Gasteiger charge is -2.34. The van der Waals surface area contributed by atoms with Gasteiger partial charge in [0.05, 0.1) is 17.7 Å². The van der Waals surface area contributed by atoms with Crippen LogP contribution in [0.2, 0.25) is 5.02 Å². The zero-order valence-corrected chi connectivity index (χ0v) is 19.4. The van der Waals surface area contributed by atoms with Crippen LogP contribution < -0.4 is 4.74 Å². The molecule has 2 aliphatic heterocycles. The smallest absolute Gasteiger partial charge is 0.335 e. The number of carboxylic acid groups (broad SMARTS) is 1. The molecule has 1 amide bonds. The minimum atomic E-state index is -1.02. The molecule has 0 radical (unpaired) electrons. The summed E-state index contributed by atoms with van der Waals surface area (Å²) in [6, 6.07) is 11.3. The average molecular weight is 470 g/mol. The molecule has 5 rings (SSSR count). The highest BCUT2D eigenvalue weighted by atomic mass is 35.5. The van der Waals surface area contributed by atoms with Crippen molar-refractivity contribution in [2.45, 2.75) is 44.1 Å². The van der Waals surface area contributed by atoms with Gasteiger partial charge in [-0.15, -0.1) is 0 Å². The maximum Gasteiger partial charge on any atom is 0.335 e. The van der Waals surface area contributed by atoms with Crippen molar-refractivity contribution in [1.82, 2.24) is 4.90 Å². The Balaban J connectivity index is 1.28. The first kappa shape index (κ1) is 22.2. The molecule has 7 heteroatoms. The maximum absolute atomic E-state index is 12.6. The number of rotatable bonds is 5. The quantitative estimate of drug-likeness (QED) is 0.667. The summed E-state index contributed by atoms with van der Waals surface area (Å²) in [4.78, 5) is 26.1. The zero-order valence-electron chi connectivity index (χ0n) is 18.7. The van der Waals surface area contributed by atoms with E-state index in [1.54, 1.807) is 6.07 Å². The van der Waals surface area contributed by atoms with Crippen molar-refractivity contribution < 1.29 is 24.2 Å². The molecule has 3 aliphatic rings. The molecule has 1 N–H and O–H groups in total. The van der Waals surface area contributed by atoms with E-state index in [2.05, 4.69) is 12.1 Å². The normalized spacial score (nSPS) is 23.5. The Morgan fingerprint density at radius 2 is 1.91 bits per heavy atom. The number of aromatic carboxylic acids is 1. The van der Waals surface area contributed by atoms with E-state index in [9.17, 15) is 14.7 Å². The number of ether oxygens (including phenoxy) is 2. The van der Waals surface area contributed by atoms with Crippen LogP contribution in [0.5, 0.6) is 5.75 Å². The number of hydrogen-bond acceptors (Lipinski definition) is 4. The lowest BCUT2D eigenvalue weighted by molar-refractivity contribution is -0.142. The molecule has 33 heavy (non-hydrogen) atoms. The van der Waals surface area contributed by atoms with E-state index in [4.69, 9.17) is 21.1 Å². The number of hydrogen-bond donors (Lipinski definition) is 1. The second-order valence-corrected chi connectivity index (χ2v) is 9.79. The highest BCUT2D eigenvalue weighted by molar-refractivity contribution is 6.35. The van der Waals surface area contributed by atoms with Crippen LogP contribution in [0.1, 0.15) is 53.9 Å². The van der Waals surface area contributed by atoms with Crippen molar-refractivity contribution in [2.24, 2.45) is 5.41 Å². The van der Waals surface area contributed by atoms with E-state index in [-0.39, 0.29) is 17.6 Å². The van der Waals surface area contributed by atoms with Gasteiger partial charge in [0.15, 0.2) is 0 Å². The zero-order chi connectivity index (χ0) is 23.2. The molecule has 3 fully saturated rings. The fraction of sp³-hybridized carbons (Fsp3) is 0.462. The van der Waals surface area contributed by atoms with E-state index in [1.165, 1.54) is 18.7 Å². The predicted molar refractivity (Wildman–Crippen MR) is 125 cm³/mol. The SMILES string of the molecule is COc1cc(C(=O)O)cc(-c2ccc([C@@H]3CC34CCN(C(=O)[C@H]3CCCO3)CC4)cc2)c1Cl. The molecule has 1 aliphatic carbocycles. The van der Waals surface area contributed by atoms with Crippen molar-refractivity contribution in [3.8, 4) is 16.9 Å². The van der Waals surface area contributed by atoms with E-state index in [1.807, 2.05) is 17.0 Å². The van der Waals surface area contributed by atoms with Gasteiger partial charge in [-0.25, -0.2) is 4.79 Å². The van der Waals surface area contributed by atoms with E-state index < -0.39 is 5.97 Å².